The molecule has 1 heterocycles. The molecule has 3 atom stereocenters. The summed E-state index contributed by atoms with van der Waals surface area (Å²) in [7, 11) is 4.14. The van der Waals surface area contributed by atoms with Gasteiger partial charge < -0.3 is 15.5 Å². The van der Waals surface area contributed by atoms with Gasteiger partial charge >= 0.3 is 0 Å². The minimum Gasteiger partial charge on any atom is -0.339 e. The highest BCUT2D eigenvalue weighted by Gasteiger charge is 2.35. The Balaban J connectivity index is 2.49. The molecule has 0 radical (unpaired) electrons. The lowest BCUT2D eigenvalue weighted by Gasteiger charge is -2.23. The van der Waals surface area contributed by atoms with Crippen LogP contribution in [0, 0.1) is 5.92 Å². The summed E-state index contributed by atoms with van der Waals surface area (Å²) in [5.74, 6) is 1.60. The van der Waals surface area contributed by atoms with Gasteiger partial charge in [-0.3, -0.25) is 4.79 Å². The maximum absolute atomic E-state index is 12.1. The molecule has 0 aliphatic carbocycles. The zero-order valence-corrected chi connectivity index (χ0v) is 12.2. The summed E-state index contributed by atoms with van der Waals surface area (Å²) in [5.41, 5.74) is 5.93. The molecule has 0 bridgehead atoms. The molecule has 0 spiro atoms. The molecule has 1 aliphatic rings. The molecule has 1 amide bonds. The third-order valence-electron chi connectivity index (χ3n) is 3.50. The molecule has 0 aromatic heterocycles. The van der Waals surface area contributed by atoms with E-state index in [9.17, 15) is 4.79 Å². The molecule has 100 valence electrons. The number of amides is 1. The minimum absolute atomic E-state index is 0.121. The Morgan fingerprint density at radius 1 is 1.53 bits per heavy atom. The van der Waals surface area contributed by atoms with Crippen LogP contribution in [0.1, 0.15) is 13.3 Å². The summed E-state index contributed by atoms with van der Waals surface area (Å²) in [6.45, 7) is 3.86. The van der Waals surface area contributed by atoms with E-state index in [0.29, 0.717) is 12.0 Å². The summed E-state index contributed by atoms with van der Waals surface area (Å²) in [6.07, 6.45) is 2.81. The van der Waals surface area contributed by atoms with E-state index < -0.39 is 0 Å². The van der Waals surface area contributed by atoms with Crippen molar-refractivity contribution in [2.45, 2.75) is 25.4 Å². The second kappa shape index (κ2) is 6.61. The van der Waals surface area contributed by atoms with E-state index in [2.05, 4.69) is 25.9 Å². The second-order valence-corrected chi connectivity index (χ2v) is 6.13. The van der Waals surface area contributed by atoms with Crippen LogP contribution in [-0.4, -0.2) is 67.0 Å². The molecule has 1 saturated heterocycles. The first-order valence-corrected chi connectivity index (χ1v) is 7.56. The van der Waals surface area contributed by atoms with Gasteiger partial charge in [-0.15, -0.1) is 0 Å². The van der Waals surface area contributed by atoms with Crippen molar-refractivity contribution >= 4 is 17.7 Å². The van der Waals surface area contributed by atoms with Crippen molar-refractivity contribution in [1.29, 1.82) is 0 Å². The van der Waals surface area contributed by atoms with Crippen molar-refractivity contribution in [3.05, 3.63) is 0 Å². The second-order valence-electron chi connectivity index (χ2n) is 5.14. The molecule has 0 aromatic rings. The monoisotopic (exact) mass is 259 g/mol. The van der Waals surface area contributed by atoms with Gasteiger partial charge in [-0.05, 0) is 38.4 Å². The standard InChI is InChI=1S/C12H25N3OS/c1-9-7-15(8-11(9)14(2)3)12(16)10(13)5-6-17-4/h9-11H,5-8,13H2,1-4H3/t9?,10-,11?/m0/s1. The van der Waals surface area contributed by atoms with Crippen molar-refractivity contribution in [1.82, 2.24) is 9.80 Å². The van der Waals surface area contributed by atoms with Gasteiger partial charge in [0, 0.05) is 19.1 Å². The first-order chi connectivity index (χ1) is 7.97. The molecular weight excluding hydrogens is 234 g/mol. The quantitative estimate of drug-likeness (QED) is 0.780. The normalized spacial score (nSPS) is 26.6. The van der Waals surface area contributed by atoms with Gasteiger partial charge in [0.1, 0.15) is 0 Å². The number of likely N-dealkylation sites (tertiary alicyclic amines) is 1. The zero-order valence-electron chi connectivity index (χ0n) is 11.3. The fourth-order valence-corrected chi connectivity index (χ4v) is 2.89. The lowest BCUT2D eigenvalue weighted by Crippen LogP contribution is -2.44. The highest BCUT2D eigenvalue weighted by Crippen LogP contribution is 2.20. The van der Waals surface area contributed by atoms with Crippen LogP contribution in [0.2, 0.25) is 0 Å². The van der Waals surface area contributed by atoms with Crippen LogP contribution in [0.3, 0.4) is 0 Å². The summed E-state index contributed by atoms with van der Waals surface area (Å²) in [5, 5.41) is 0. The van der Waals surface area contributed by atoms with Crippen LogP contribution < -0.4 is 5.73 Å². The number of carbonyl (C=O) groups is 1. The van der Waals surface area contributed by atoms with Crippen molar-refractivity contribution in [3.8, 4) is 0 Å². The first kappa shape index (κ1) is 14.8. The van der Waals surface area contributed by atoms with Crippen LogP contribution in [0.25, 0.3) is 0 Å². The van der Waals surface area contributed by atoms with E-state index in [0.717, 1.165) is 25.3 Å². The van der Waals surface area contributed by atoms with E-state index in [1.807, 2.05) is 11.2 Å². The molecule has 1 rings (SSSR count). The van der Waals surface area contributed by atoms with Crippen LogP contribution in [0.5, 0.6) is 0 Å². The van der Waals surface area contributed by atoms with Gasteiger partial charge in [-0.25, -0.2) is 0 Å². The number of thioether (sulfide) groups is 1. The Hall–Kier alpha value is -0.260. The van der Waals surface area contributed by atoms with Crippen molar-refractivity contribution in [3.63, 3.8) is 0 Å². The van der Waals surface area contributed by atoms with E-state index >= 15 is 0 Å². The zero-order chi connectivity index (χ0) is 13.0. The fraction of sp³-hybridized carbons (Fsp3) is 0.917. The highest BCUT2D eigenvalue weighted by atomic mass is 32.2. The summed E-state index contributed by atoms with van der Waals surface area (Å²) in [6, 6.07) is 0.141. The van der Waals surface area contributed by atoms with Gasteiger partial charge in [0.25, 0.3) is 0 Å². The van der Waals surface area contributed by atoms with Crippen LogP contribution in [-0.2, 0) is 4.79 Å². The summed E-state index contributed by atoms with van der Waals surface area (Å²) < 4.78 is 0. The topological polar surface area (TPSA) is 49.6 Å². The number of nitrogens with zero attached hydrogens (tertiary/aromatic N) is 2. The Morgan fingerprint density at radius 3 is 2.65 bits per heavy atom. The number of rotatable bonds is 5. The van der Waals surface area contributed by atoms with Crippen molar-refractivity contribution in [2.24, 2.45) is 11.7 Å². The maximum atomic E-state index is 12.1. The fourth-order valence-electron chi connectivity index (χ4n) is 2.40. The third-order valence-corrected chi connectivity index (χ3v) is 4.14. The number of hydrogen-bond acceptors (Lipinski definition) is 4. The van der Waals surface area contributed by atoms with Gasteiger partial charge in [-0.2, -0.15) is 11.8 Å². The Kier molecular flexibility index (Phi) is 5.76. The van der Waals surface area contributed by atoms with Crippen molar-refractivity contribution < 1.29 is 4.79 Å². The molecule has 2 unspecified atom stereocenters. The maximum Gasteiger partial charge on any atom is 0.239 e. The van der Waals surface area contributed by atoms with Gasteiger partial charge in [0.15, 0.2) is 0 Å². The number of nitrogens with two attached hydrogens (primary N) is 1. The van der Waals surface area contributed by atoms with E-state index in [1.165, 1.54) is 0 Å². The van der Waals surface area contributed by atoms with E-state index in [4.69, 9.17) is 5.73 Å². The minimum atomic E-state index is -0.324. The SMILES string of the molecule is CSCC[C@H](N)C(=O)N1CC(C)C(N(C)C)C1. The van der Waals surface area contributed by atoms with E-state index in [1.54, 1.807) is 11.8 Å². The molecule has 17 heavy (non-hydrogen) atoms. The molecule has 1 fully saturated rings. The lowest BCUT2D eigenvalue weighted by atomic mass is 10.1. The van der Waals surface area contributed by atoms with Gasteiger partial charge in [0.05, 0.1) is 6.04 Å². The van der Waals surface area contributed by atoms with Gasteiger partial charge in [-0.1, -0.05) is 6.92 Å². The molecule has 0 saturated carbocycles. The number of likely N-dealkylation sites (N-methyl/N-ethyl adjacent to an activating group) is 1. The average molecular weight is 259 g/mol. The largest absolute Gasteiger partial charge is 0.339 e. The molecule has 4 nitrogen and oxygen atoms in total. The van der Waals surface area contributed by atoms with Crippen molar-refractivity contribution in [2.75, 3.05) is 39.2 Å². The first-order valence-electron chi connectivity index (χ1n) is 6.17. The van der Waals surface area contributed by atoms with Crippen LogP contribution in [0.4, 0.5) is 0 Å². The summed E-state index contributed by atoms with van der Waals surface area (Å²) >= 11 is 1.74. The summed E-state index contributed by atoms with van der Waals surface area (Å²) in [4.78, 5) is 16.3. The number of hydrogen-bond donors (Lipinski definition) is 1. The Morgan fingerprint density at radius 2 is 2.18 bits per heavy atom. The predicted octanol–water partition coefficient (Wildman–Crippen LogP) is 0.475. The third kappa shape index (κ3) is 3.86. The average Bonchev–Trinajstić information content (AvgIpc) is 2.67. The molecule has 2 N–H and O–H groups in total. The van der Waals surface area contributed by atoms with Crippen LogP contribution in [0.15, 0.2) is 0 Å². The van der Waals surface area contributed by atoms with Crippen LogP contribution >= 0.6 is 11.8 Å². The predicted molar refractivity (Wildman–Crippen MR) is 74.2 cm³/mol. The molecule has 5 heteroatoms. The van der Waals surface area contributed by atoms with Gasteiger partial charge in [0.2, 0.25) is 5.91 Å². The molecule has 1 aliphatic heterocycles. The number of carbonyl (C=O) groups excluding carboxylic acids is 1. The Bertz CT molecular complexity index is 260. The van der Waals surface area contributed by atoms with E-state index in [-0.39, 0.29) is 11.9 Å². The Labute approximate surface area is 109 Å². The smallest absolute Gasteiger partial charge is 0.239 e. The molecule has 0 aromatic carbocycles. The lowest BCUT2D eigenvalue weighted by molar-refractivity contribution is -0.131. The molecular formula is C12H25N3OS. The highest BCUT2D eigenvalue weighted by molar-refractivity contribution is 7.98.